The Morgan fingerprint density at radius 1 is 1.17 bits per heavy atom. The zero-order valence-corrected chi connectivity index (χ0v) is 17.7. The van der Waals surface area contributed by atoms with E-state index >= 15 is 0 Å². The maximum absolute atomic E-state index is 12.8. The molecule has 0 aliphatic carbocycles. The summed E-state index contributed by atoms with van der Waals surface area (Å²) in [5, 5.41) is 6.35. The van der Waals surface area contributed by atoms with Crippen molar-refractivity contribution in [1.82, 2.24) is 20.2 Å². The number of nitrogens with one attached hydrogen (secondary N) is 2. The van der Waals surface area contributed by atoms with Crippen LogP contribution in [0.1, 0.15) is 53.0 Å². The minimum atomic E-state index is -0.217. The number of rotatable bonds is 7. The first-order chi connectivity index (χ1) is 14.0. The van der Waals surface area contributed by atoms with Crippen LogP contribution in [0, 0.1) is 19.8 Å². The Kier molecular flexibility index (Phi) is 8.74. The van der Waals surface area contributed by atoms with E-state index in [1.54, 1.807) is 12.4 Å². The van der Waals surface area contributed by atoms with Gasteiger partial charge in [0.2, 0.25) is 0 Å². The highest BCUT2D eigenvalue weighted by molar-refractivity contribution is 5.96. The second kappa shape index (κ2) is 11.0. The first kappa shape index (κ1) is 23.8. The van der Waals surface area contributed by atoms with E-state index in [4.69, 9.17) is 5.73 Å². The van der Waals surface area contributed by atoms with Crippen LogP contribution in [0.15, 0.2) is 24.5 Å². The number of aryl methyl sites for hydroxylation is 2. The van der Waals surface area contributed by atoms with Crippen LogP contribution in [0.2, 0.25) is 0 Å². The van der Waals surface area contributed by atoms with Gasteiger partial charge in [0, 0.05) is 32.0 Å². The van der Waals surface area contributed by atoms with E-state index in [0.29, 0.717) is 30.5 Å². The second-order valence-electron chi connectivity index (χ2n) is 7.98. The van der Waals surface area contributed by atoms with Crippen molar-refractivity contribution in [3.63, 3.8) is 0 Å². The van der Waals surface area contributed by atoms with Gasteiger partial charge >= 0.3 is 0 Å². The molecule has 2 heterocycles. The number of likely N-dealkylation sites (tertiary alicyclic amines) is 1. The Balaban J connectivity index is 0.00000320. The van der Waals surface area contributed by atoms with Crippen LogP contribution in [-0.4, -0.2) is 47.5 Å². The second-order valence-corrected chi connectivity index (χ2v) is 7.98. The van der Waals surface area contributed by atoms with Crippen LogP contribution < -0.4 is 16.4 Å². The summed E-state index contributed by atoms with van der Waals surface area (Å²) in [6, 6.07) is 4.15. The van der Waals surface area contributed by atoms with Crippen molar-refractivity contribution in [3.05, 3.63) is 52.5 Å². The summed E-state index contributed by atoms with van der Waals surface area (Å²) >= 11 is 0. The number of anilines is 1. The molecule has 3 rings (SSSR count). The first-order valence-electron chi connectivity index (χ1n) is 10.3. The van der Waals surface area contributed by atoms with Crippen LogP contribution in [0.3, 0.4) is 0 Å². The normalized spacial score (nSPS) is 14.8. The largest absolute Gasteiger partial charge is 0.368 e. The van der Waals surface area contributed by atoms with Gasteiger partial charge in [-0.2, -0.15) is 0 Å². The van der Waals surface area contributed by atoms with Crippen molar-refractivity contribution in [3.8, 4) is 0 Å². The topological polar surface area (TPSA) is 96.2 Å². The number of carbonyl (C=O) groups excluding carboxylic acids is 1. The highest BCUT2D eigenvalue weighted by Gasteiger charge is 2.19. The lowest BCUT2D eigenvalue weighted by Crippen LogP contribution is -2.33. The molecule has 4 N–H and O–H groups in total. The first-order valence-corrected chi connectivity index (χ1v) is 10.3. The van der Waals surface area contributed by atoms with Crippen molar-refractivity contribution in [2.75, 3.05) is 32.0 Å². The maximum Gasteiger partial charge on any atom is 0.273 e. The highest BCUT2D eigenvalue weighted by atomic mass is 16.1. The van der Waals surface area contributed by atoms with E-state index < -0.39 is 0 Å². The molecule has 1 fully saturated rings. The molecule has 0 bridgehead atoms. The summed E-state index contributed by atoms with van der Waals surface area (Å²) in [6.45, 7) is 8.09. The fourth-order valence-electron chi connectivity index (χ4n) is 3.87. The van der Waals surface area contributed by atoms with Gasteiger partial charge in [-0.1, -0.05) is 19.6 Å². The number of amides is 1. The molecule has 0 radical (unpaired) electrons. The number of carbonyl (C=O) groups is 1. The molecule has 0 unspecified atom stereocenters. The molecule has 7 heteroatoms. The van der Waals surface area contributed by atoms with E-state index in [-0.39, 0.29) is 13.3 Å². The van der Waals surface area contributed by atoms with Crippen molar-refractivity contribution < 1.29 is 4.79 Å². The van der Waals surface area contributed by atoms with Crippen LogP contribution >= 0.6 is 0 Å². The minimum absolute atomic E-state index is 0. The third-order valence-corrected chi connectivity index (χ3v) is 5.73. The van der Waals surface area contributed by atoms with Crippen molar-refractivity contribution in [2.45, 2.75) is 47.2 Å². The number of benzene rings is 1. The van der Waals surface area contributed by atoms with Crippen LogP contribution in [0.4, 0.5) is 5.82 Å². The third kappa shape index (κ3) is 6.00. The summed E-state index contributed by atoms with van der Waals surface area (Å²) in [4.78, 5) is 23.8. The van der Waals surface area contributed by atoms with Gasteiger partial charge < -0.3 is 21.3 Å². The molecule has 164 valence electrons. The van der Waals surface area contributed by atoms with E-state index in [1.807, 2.05) is 13.8 Å². The lowest BCUT2D eigenvalue weighted by atomic mass is 9.97. The van der Waals surface area contributed by atoms with Crippen molar-refractivity contribution >= 4 is 11.7 Å². The maximum atomic E-state index is 12.8. The van der Waals surface area contributed by atoms with Gasteiger partial charge in [-0.05, 0) is 75.0 Å². The number of nitrogens with zero attached hydrogens (tertiary/aromatic N) is 3. The SMILES string of the molecule is C.Cc1cc(CN)cc(C)c1CNC(=O)c1nccnc1NCC1CCN(C)CC1. The summed E-state index contributed by atoms with van der Waals surface area (Å²) in [7, 11) is 2.15. The van der Waals surface area contributed by atoms with Gasteiger partial charge in [-0.15, -0.1) is 0 Å². The number of aromatic nitrogens is 2. The molecule has 1 saturated heterocycles. The van der Waals surface area contributed by atoms with Gasteiger partial charge in [0.15, 0.2) is 11.5 Å². The van der Waals surface area contributed by atoms with E-state index in [0.717, 1.165) is 54.7 Å². The van der Waals surface area contributed by atoms with Gasteiger partial charge in [0.05, 0.1) is 0 Å². The Bertz CT molecular complexity index is 822. The molecule has 30 heavy (non-hydrogen) atoms. The Hall–Kier alpha value is -2.51. The number of hydrogen-bond donors (Lipinski definition) is 3. The average molecular weight is 413 g/mol. The van der Waals surface area contributed by atoms with E-state index in [2.05, 4.69) is 44.7 Å². The van der Waals surface area contributed by atoms with Gasteiger partial charge in [-0.25, -0.2) is 9.97 Å². The van der Waals surface area contributed by atoms with Crippen molar-refractivity contribution in [2.24, 2.45) is 11.7 Å². The lowest BCUT2D eigenvalue weighted by Gasteiger charge is -2.29. The zero-order chi connectivity index (χ0) is 20.8. The molecular formula is C23H36N6O. The molecule has 7 nitrogen and oxygen atoms in total. The van der Waals surface area contributed by atoms with Crippen LogP contribution in [0.25, 0.3) is 0 Å². The van der Waals surface area contributed by atoms with Crippen LogP contribution in [0.5, 0.6) is 0 Å². The quantitative estimate of drug-likeness (QED) is 0.647. The Labute approximate surface area is 180 Å². The van der Waals surface area contributed by atoms with E-state index in [1.165, 1.54) is 0 Å². The number of piperidine rings is 1. The molecule has 1 aromatic carbocycles. The summed E-state index contributed by atoms with van der Waals surface area (Å²) in [5.74, 6) is 0.928. The fraction of sp³-hybridized carbons (Fsp3) is 0.522. The van der Waals surface area contributed by atoms with Gasteiger partial charge in [-0.3, -0.25) is 4.79 Å². The zero-order valence-electron chi connectivity index (χ0n) is 17.7. The molecular weight excluding hydrogens is 376 g/mol. The number of hydrogen-bond acceptors (Lipinski definition) is 6. The Morgan fingerprint density at radius 3 is 2.43 bits per heavy atom. The third-order valence-electron chi connectivity index (χ3n) is 5.73. The lowest BCUT2D eigenvalue weighted by molar-refractivity contribution is 0.0946. The van der Waals surface area contributed by atoms with Gasteiger partial charge in [0.25, 0.3) is 5.91 Å². The predicted octanol–water partition coefficient (Wildman–Crippen LogP) is 2.87. The molecule has 0 atom stereocenters. The molecule has 0 saturated carbocycles. The van der Waals surface area contributed by atoms with Crippen LogP contribution in [-0.2, 0) is 13.1 Å². The van der Waals surface area contributed by atoms with E-state index in [9.17, 15) is 4.79 Å². The smallest absolute Gasteiger partial charge is 0.273 e. The number of nitrogens with two attached hydrogens (primary N) is 1. The summed E-state index contributed by atoms with van der Waals surface area (Å²) in [6.07, 6.45) is 5.49. The Morgan fingerprint density at radius 2 is 1.80 bits per heavy atom. The standard InChI is InChI=1S/C22H32N6O.CH4/c1-15-10-18(12-23)11-16(2)19(15)14-27-22(29)20-21(25-7-6-24-20)26-13-17-4-8-28(3)9-5-17;/h6-7,10-11,17H,4-5,8-9,12-14,23H2,1-3H3,(H,25,26)(H,27,29);1H4. The fourth-order valence-corrected chi connectivity index (χ4v) is 3.87. The predicted molar refractivity (Wildman–Crippen MR) is 122 cm³/mol. The molecule has 0 spiro atoms. The molecule has 1 aliphatic heterocycles. The van der Waals surface area contributed by atoms with Crippen molar-refractivity contribution in [1.29, 1.82) is 0 Å². The average Bonchev–Trinajstić information content (AvgIpc) is 2.72. The summed E-state index contributed by atoms with van der Waals surface area (Å²) < 4.78 is 0. The minimum Gasteiger partial charge on any atom is -0.368 e. The molecule has 1 aliphatic rings. The van der Waals surface area contributed by atoms with Gasteiger partial charge in [0.1, 0.15) is 0 Å². The molecule has 1 aromatic heterocycles. The highest BCUT2D eigenvalue weighted by Crippen LogP contribution is 2.19. The molecule has 1 amide bonds. The monoisotopic (exact) mass is 412 g/mol. The summed E-state index contributed by atoms with van der Waals surface area (Å²) in [5.41, 5.74) is 10.6. The molecule has 2 aromatic rings.